The lowest BCUT2D eigenvalue weighted by Gasteiger charge is -2.32. The number of aliphatic hydroxyl groups is 1. The Morgan fingerprint density at radius 1 is 1.17 bits per heavy atom. The first-order valence-electron chi connectivity index (χ1n) is 9.25. The summed E-state index contributed by atoms with van der Waals surface area (Å²) in [5.41, 5.74) is 6.62. The summed E-state index contributed by atoms with van der Waals surface area (Å²) in [6, 6.07) is 8.07. The Morgan fingerprint density at radius 3 is 2.77 bits per heavy atom. The van der Waals surface area contributed by atoms with Crippen molar-refractivity contribution in [1.29, 1.82) is 0 Å². The van der Waals surface area contributed by atoms with Crippen molar-refractivity contribution in [2.24, 2.45) is 0 Å². The second-order valence-corrected chi connectivity index (χ2v) is 9.13. The SMILES string of the molecule is Nc1ncnc2c1ncn2[C@@H]1O[C@@H]2CO[C@@H](CS(=O)(=O)c3ccccc3)O[C@@H]2[C@H]1O. The molecule has 1 aromatic carbocycles. The van der Waals surface area contributed by atoms with Crippen LogP contribution in [-0.2, 0) is 24.0 Å². The third-order valence-electron chi connectivity index (χ3n) is 5.18. The summed E-state index contributed by atoms with van der Waals surface area (Å²) in [4.78, 5) is 12.4. The number of fused-ring (bicyclic) bond motifs is 2. The van der Waals surface area contributed by atoms with Crippen LogP contribution in [0.3, 0.4) is 0 Å². The fourth-order valence-corrected chi connectivity index (χ4v) is 5.01. The van der Waals surface area contributed by atoms with Gasteiger partial charge in [0.1, 0.15) is 35.9 Å². The van der Waals surface area contributed by atoms with Crippen LogP contribution < -0.4 is 5.73 Å². The third-order valence-corrected chi connectivity index (χ3v) is 6.89. The van der Waals surface area contributed by atoms with E-state index in [0.29, 0.717) is 11.2 Å². The van der Waals surface area contributed by atoms with Crippen LogP contribution in [0.15, 0.2) is 47.9 Å². The number of sulfone groups is 1. The van der Waals surface area contributed by atoms with Crippen molar-refractivity contribution in [2.75, 3.05) is 18.1 Å². The van der Waals surface area contributed by atoms with E-state index in [0.717, 1.165) is 0 Å². The first-order chi connectivity index (χ1) is 14.4. The van der Waals surface area contributed by atoms with Crippen molar-refractivity contribution in [3.63, 3.8) is 0 Å². The summed E-state index contributed by atoms with van der Waals surface area (Å²) < 4.78 is 44.0. The average Bonchev–Trinajstić information content (AvgIpc) is 3.31. The molecule has 0 amide bonds. The highest BCUT2D eigenvalue weighted by Gasteiger charge is 2.50. The zero-order valence-corrected chi connectivity index (χ0v) is 16.4. The van der Waals surface area contributed by atoms with Crippen LogP contribution in [0.1, 0.15) is 6.23 Å². The van der Waals surface area contributed by atoms with E-state index in [4.69, 9.17) is 19.9 Å². The fourth-order valence-electron chi connectivity index (χ4n) is 3.72. The largest absolute Gasteiger partial charge is 0.386 e. The Bertz CT molecular complexity index is 1170. The van der Waals surface area contributed by atoms with Gasteiger partial charge in [-0.25, -0.2) is 23.4 Å². The van der Waals surface area contributed by atoms with Gasteiger partial charge in [0.25, 0.3) is 0 Å². The number of aliphatic hydroxyl groups excluding tert-OH is 1. The van der Waals surface area contributed by atoms with Crippen LogP contribution in [-0.4, -0.2) is 70.0 Å². The van der Waals surface area contributed by atoms with Gasteiger partial charge in [0.15, 0.2) is 33.8 Å². The molecule has 0 aliphatic carbocycles. The molecule has 0 unspecified atom stereocenters. The molecule has 12 heteroatoms. The van der Waals surface area contributed by atoms with Gasteiger partial charge in [-0.05, 0) is 12.1 Å². The number of ether oxygens (including phenoxy) is 3. The van der Waals surface area contributed by atoms with Crippen LogP contribution >= 0.6 is 0 Å². The van der Waals surface area contributed by atoms with Crippen molar-refractivity contribution >= 4 is 26.8 Å². The van der Waals surface area contributed by atoms with Crippen molar-refractivity contribution in [3.05, 3.63) is 43.0 Å². The van der Waals surface area contributed by atoms with E-state index < -0.39 is 40.7 Å². The van der Waals surface area contributed by atoms with Gasteiger partial charge in [0.05, 0.1) is 17.8 Å². The summed E-state index contributed by atoms with van der Waals surface area (Å²) in [6.07, 6.45) is -1.53. The molecule has 2 aromatic heterocycles. The number of aromatic nitrogens is 4. The predicted octanol–water partition coefficient (Wildman–Crippen LogP) is -0.118. The summed E-state index contributed by atoms with van der Waals surface area (Å²) in [7, 11) is -3.61. The van der Waals surface area contributed by atoms with Crippen LogP contribution in [0.2, 0.25) is 0 Å². The molecular weight excluding hydrogens is 414 g/mol. The summed E-state index contributed by atoms with van der Waals surface area (Å²) in [5.74, 6) is -0.149. The molecule has 0 bridgehead atoms. The Hall–Kier alpha value is -2.64. The minimum atomic E-state index is -3.61. The number of hydrogen-bond acceptors (Lipinski definition) is 10. The molecule has 5 rings (SSSR count). The number of nitrogens with two attached hydrogens (primary N) is 1. The van der Waals surface area contributed by atoms with Crippen LogP contribution in [0.25, 0.3) is 11.2 Å². The molecule has 2 aliphatic rings. The average molecular weight is 433 g/mol. The number of imidazole rings is 1. The van der Waals surface area contributed by atoms with Gasteiger partial charge in [0.2, 0.25) is 0 Å². The van der Waals surface area contributed by atoms with E-state index in [1.165, 1.54) is 24.8 Å². The van der Waals surface area contributed by atoms with Crippen molar-refractivity contribution in [3.8, 4) is 0 Å². The van der Waals surface area contributed by atoms with E-state index >= 15 is 0 Å². The van der Waals surface area contributed by atoms with E-state index in [-0.39, 0.29) is 23.1 Å². The number of rotatable bonds is 4. The highest BCUT2D eigenvalue weighted by molar-refractivity contribution is 7.91. The monoisotopic (exact) mass is 433 g/mol. The molecule has 5 atom stereocenters. The first kappa shape index (κ1) is 19.3. The van der Waals surface area contributed by atoms with E-state index in [2.05, 4.69) is 15.0 Å². The van der Waals surface area contributed by atoms with Gasteiger partial charge >= 0.3 is 0 Å². The summed E-state index contributed by atoms with van der Waals surface area (Å²) >= 11 is 0. The first-order valence-corrected chi connectivity index (χ1v) is 10.9. The van der Waals surface area contributed by atoms with Gasteiger partial charge < -0.3 is 25.1 Å². The molecule has 2 saturated heterocycles. The van der Waals surface area contributed by atoms with Gasteiger partial charge in [-0.2, -0.15) is 0 Å². The predicted molar refractivity (Wildman–Crippen MR) is 103 cm³/mol. The number of nitrogens with zero attached hydrogens (tertiary/aromatic N) is 4. The maximum atomic E-state index is 12.6. The Balaban J connectivity index is 1.34. The lowest BCUT2D eigenvalue weighted by molar-refractivity contribution is -0.238. The Morgan fingerprint density at radius 2 is 1.97 bits per heavy atom. The van der Waals surface area contributed by atoms with E-state index in [9.17, 15) is 13.5 Å². The normalized spacial score (nSPS) is 29.2. The second kappa shape index (κ2) is 7.25. The van der Waals surface area contributed by atoms with Crippen molar-refractivity contribution in [1.82, 2.24) is 19.5 Å². The molecular formula is C18H19N5O6S. The Labute approximate surface area is 171 Å². The lowest BCUT2D eigenvalue weighted by atomic mass is 10.1. The molecule has 11 nitrogen and oxygen atoms in total. The standard InChI is InChI=1S/C18H19N5O6S/c19-16-13-17(21-8-20-16)23(9-22-13)18-14(24)15-11(28-18)6-27-12(29-15)7-30(25,26)10-4-2-1-3-5-10/h1-5,8-9,11-12,14-15,18,24H,6-7H2,(H2,19,20,21)/t11-,12-,14-,15+,18-/m1/s1. The third kappa shape index (κ3) is 3.22. The molecule has 0 saturated carbocycles. The molecule has 3 N–H and O–H groups in total. The quantitative estimate of drug-likeness (QED) is 0.570. The van der Waals surface area contributed by atoms with Crippen molar-refractivity contribution in [2.45, 2.75) is 35.7 Å². The lowest BCUT2D eigenvalue weighted by Crippen LogP contribution is -2.47. The molecule has 4 heterocycles. The number of benzene rings is 1. The number of anilines is 1. The number of hydrogen-bond donors (Lipinski definition) is 2. The fraction of sp³-hybridized carbons (Fsp3) is 0.389. The summed E-state index contributed by atoms with van der Waals surface area (Å²) in [5, 5.41) is 10.8. The highest BCUT2D eigenvalue weighted by atomic mass is 32.2. The van der Waals surface area contributed by atoms with Gasteiger partial charge in [-0.15, -0.1) is 0 Å². The highest BCUT2D eigenvalue weighted by Crippen LogP contribution is 2.36. The van der Waals surface area contributed by atoms with Gasteiger partial charge in [-0.3, -0.25) is 4.57 Å². The zero-order valence-electron chi connectivity index (χ0n) is 15.6. The van der Waals surface area contributed by atoms with Crippen LogP contribution in [0.5, 0.6) is 0 Å². The van der Waals surface area contributed by atoms with Gasteiger partial charge in [-0.1, -0.05) is 18.2 Å². The topological polar surface area (TPSA) is 152 Å². The molecule has 2 aliphatic heterocycles. The molecule has 30 heavy (non-hydrogen) atoms. The van der Waals surface area contributed by atoms with Crippen LogP contribution in [0, 0.1) is 0 Å². The number of nitrogen functional groups attached to an aromatic ring is 1. The van der Waals surface area contributed by atoms with Crippen LogP contribution in [0.4, 0.5) is 5.82 Å². The summed E-state index contributed by atoms with van der Waals surface area (Å²) in [6.45, 7) is 0.0803. The minimum Gasteiger partial charge on any atom is -0.386 e. The Kier molecular flexibility index (Phi) is 4.67. The van der Waals surface area contributed by atoms with E-state index in [1.54, 1.807) is 22.8 Å². The van der Waals surface area contributed by atoms with Crippen molar-refractivity contribution < 1.29 is 27.7 Å². The smallest absolute Gasteiger partial charge is 0.183 e. The maximum absolute atomic E-state index is 12.6. The second-order valence-electron chi connectivity index (χ2n) is 7.10. The maximum Gasteiger partial charge on any atom is 0.183 e. The molecule has 3 aromatic rings. The molecule has 2 fully saturated rings. The van der Waals surface area contributed by atoms with Gasteiger partial charge in [0, 0.05) is 0 Å². The molecule has 158 valence electrons. The molecule has 0 radical (unpaired) electrons. The zero-order chi connectivity index (χ0) is 20.9. The minimum absolute atomic E-state index is 0.0803. The molecule has 0 spiro atoms. The van der Waals surface area contributed by atoms with E-state index in [1.807, 2.05) is 0 Å².